The number of amides is 2. The molecule has 1 saturated carbocycles. The number of fused-ring (bicyclic) bond motifs is 1. The molecule has 1 fully saturated rings. The van der Waals surface area contributed by atoms with E-state index in [-0.39, 0.29) is 36.5 Å². The predicted molar refractivity (Wildman–Crippen MR) is 129 cm³/mol. The Morgan fingerprint density at radius 3 is 2.56 bits per heavy atom. The lowest BCUT2D eigenvalue weighted by Crippen LogP contribution is -2.65. The molecule has 0 saturated heterocycles. The Morgan fingerprint density at radius 2 is 1.91 bits per heavy atom. The first kappa shape index (κ1) is 24.3. The summed E-state index contributed by atoms with van der Waals surface area (Å²) in [6.07, 6.45) is 6.33. The highest BCUT2D eigenvalue weighted by Gasteiger charge is 2.49. The minimum Gasteiger partial charge on any atom is -0.461 e. The fraction of sp³-hybridized carbons (Fsp3) is 0.520. The van der Waals surface area contributed by atoms with Gasteiger partial charge in [0.25, 0.3) is 5.91 Å². The molecule has 1 N–H and O–H groups in total. The number of aromatic nitrogens is 2. The summed E-state index contributed by atoms with van der Waals surface area (Å²) in [6, 6.07) is 6.80. The third-order valence-electron chi connectivity index (χ3n) is 6.73. The lowest BCUT2D eigenvalue weighted by atomic mass is 9.93. The van der Waals surface area contributed by atoms with Gasteiger partial charge in [-0.3, -0.25) is 19.2 Å². The van der Waals surface area contributed by atoms with Crippen LogP contribution in [0.1, 0.15) is 78.9 Å². The normalized spacial score (nSPS) is 21.1. The van der Waals surface area contributed by atoms with Crippen molar-refractivity contribution in [1.29, 1.82) is 0 Å². The number of carbonyl (C=O) groups is 3. The molecule has 1 aliphatic carbocycles. The molecule has 0 bridgehead atoms. The number of nitrogens with one attached hydrogen (secondary N) is 1. The molecular weight excluding hydrogens is 456 g/mol. The van der Waals surface area contributed by atoms with Gasteiger partial charge in [0.15, 0.2) is 5.69 Å². The molecule has 8 nitrogen and oxygen atoms in total. The lowest BCUT2D eigenvalue weighted by Gasteiger charge is -2.43. The number of carbonyl (C=O) groups excluding carboxylic acids is 3. The van der Waals surface area contributed by atoms with E-state index in [9.17, 15) is 14.4 Å². The van der Waals surface area contributed by atoms with Crippen molar-refractivity contribution in [3.8, 4) is 0 Å². The molecule has 1 aliphatic heterocycles. The Labute approximate surface area is 204 Å². The van der Waals surface area contributed by atoms with Crippen molar-refractivity contribution in [2.45, 2.75) is 77.4 Å². The zero-order valence-electron chi connectivity index (χ0n) is 19.9. The van der Waals surface area contributed by atoms with Gasteiger partial charge in [-0.25, -0.2) is 4.79 Å². The van der Waals surface area contributed by atoms with Crippen molar-refractivity contribution in [1.82, 2.24) is 15.1 Å². The first-order valence-corrected chi connectivity index (χ1v) is 12.3. The van der Waals surface area contributed by atoms with Crippen molar-refractivity contribution >= 4 is 35.1 Å². The largest absolute Gasteiger partial charge is 0.461 e. The van der Waals surface area contributed by atoms with Gasteiger partial charge in [-0.15, -0.1) is 0 Å². The second-order valence-electron chi connectivity index (χ2n) is 9.30. The van der Waals surface area contributed by atoms with E-state index in [0.29, 0.717) is 10.7 Å². The average Bonchev–Trinajstić information content (AvgIpc) is 3.05. The molecule has 0 radical (unpaired) electrons. The summed E-state index contributed by atoms with van der Waals surface area (Å²) in [5.74, 6) is -1.28. The number of ether oxygens (including phenoxy) is 1. The first-order valence-electron chi connectivity index (χ1n) is 11.9. The highest BCUT2D eigenvalue weighted by Crippen LogP contribution is 2.35. The number of halogens is 1. The second kappa shape index (κ2) is 9.78. The smallest absolute Gasteiger partial charge is 0.358 e. The number of hydrogen-bond donors (Lipinski definition) is 1. The fourth-order valence-electron chi connectivity index (χ4n) is 4.78. The summed E-state index contributed by atoms with van der Waals surface area (Å²) >= 11 is 6.39. The number of nitrogens with zero attached hydrogens (tertiary/aromatic N) is 3. The van der Waals surface area contributed by atoms with Crippen molar-refractivity contribution < 1.29 is 19.1 Å². The van der Waals surface area contributed by atoms with Crippen molar-refractivity contribution in [3.05, 3.63) is 46.2 Å². The Balaban J connectivity index is 1.75. The van der Waals surface area contributed by atoms with E-state index in [4.69, 9.17) is 16.3 Å². The van der Waals surface area contributed by atoms with Crippen LogP contribution < -0.4 is 10.2 Å². The monoisotopic (exact) mass is 486 g/mol. The maximum absolute atomic E-state index is 13.8. The number of anilines is 1. The van der Waals surface area contributed by atoms with Gasteiger partial charge in [0.1, 0.15) is 11.2 Å². The SMILES string of the molecule is CCOC(=O)c1cc2n(n1)CC(C)(C(=O)NC1CCCCCC1)N(c1ccc(C)c(Cl)c1)C2=O. The van der Waals surface area contributed by atoms with Gasteiger partial charge >= 0.3 is 5.97 Å². The Kier molecular flexibility index (Phi) is 6.98. The molecule has 1 unspecified atom stereocenters. The predicted octanol–water partition coefficient (Wildman–Crippen LogP) is 4.28. The van der Waals surface area contributed by atoms with E-state index >= 15 is 0 Å². The zero-order valence-corrected chi connectivity index (χ0v) is 20.7. The number of aryl methyl sites for hydroxylation is 1. The highest BCUT2D eigenvalue weighted by atomic mass is 35.5. The highest BCUT2D eigenvalue weighted by molar-refractivity contribution is 6.31. The van der Waals surface area contributed by atoms with E-state index in [1.54, 1.807) is 26.0 Å². The summed E-state index contributed by atoms with van der Waals surface area (Å²) in [5.41, 5.74) is 0.380. The lowest BCUT2D eigenvalue weighted by molar-refractivity contribution is -0.127. The summed E-state index contributed by atoms with van der Waals surface area (Å²) in [7, 11) is 0. The van der Waals surface area contributed by atoms with E-state index in [0.717, 1.165) is 31.2 Å². The summed E-state index contributed by atoms with van der Waals surface area (Å²) < 4.78 is 6.49. The van der Waals surface area contributed by atoms with E-state index in [1.165, 1.54) is 28.5 Å². The maximum Gasteiger partial charge on any atom is 0.358 e. The molecule has 34 heavy (non-hydrogen) atoms. The third-order valence-corrected chi connectivity index (χ3v) is 7.14. The molecule has 4 rings (SSSR count). The van der Waals surface area contributed by atoms with E-state index < -0.39 is 17.4 Å². The molecule has 1 atom stereocenters. The zero-order chi connectivity index (χ0) is 24.5. The Morgan fingerprint density at radius 1 is 1.21 bits per heavy atom. The average molecular weight is 487 g/mol. The van der Waals surface area contributed by atoms with Crippen LogP contribution in [0.2, 0.25) is 5.02 Å². The van der Waals surface area contributed by atoms with Crippen LogP contribution in [-0.2, 0) is 16.1 Å². The van der Waals surface area contributed by atoms with Crippen molar-refractivity contribution in [2.75, 3.05) is 11.5 Å². The van der Waals surface area contributed by atoms with Gasteiger partial charge in [0.05, 0.1) is 13.2 Å². The van der Waals surface area contributed by atoms with E-state index in [1.807, 2.05) is 13.0 Å². The standard InChI is InChI=1S/C25H31ClN4O4/c1-4-34-23(32)20-14-21-22(31)30(18-12-11-16(2)19(26)13-18)25(3,15-29(21)28-20)24(33)27-17-9-7-5-6-8-10-17/h11-14,17H,4-10,15H2,1-3H3,(H,27,33). The number of rotatable bonds is 5. The molecule has 2 aliphatic rings. The van der Waals surface area contributed by atoms with Gasteiger partial charge in [-0.05, 0) is 51.3 Å². The molecule has 2 amide bonds. The van der Waals surface area contributed by atoms with Crippen LogP contribution in [0.25, 0.3) is 0 Å². The maximum atomic E-state index is 13.8. The minimum atomic E-state index is -1.27. The van der Waals surface area contributed by atoms with Crippen LogP contribution in [0.4, 0.5) is 5.69 Å². The summed E-state index contributed by atoms with van der Waals surface area (Å²) in [4.78, 5) is 41.3. The molecule has 2 heterocycles. The van der Waals surface area contributed by atoms with Crippen LogP contribution >= 0.6 is 11.6 Å². The number of benzene rings is 1. The topological polar surface area (TPSA) is 93.5 Å². The second-order valence-corrected chi connectivity index (χ2v) is 9.71. The van der Waals surface area contributed by atoms with Crippen LogP contribution in [0.15, 0.2) is 24.3 Å². The van der Waals surface area contributed by atoms with Gasteiger partial charge in [0.2, 0.25) is 5.91 Å². The quantitative estimate of drug-likeness (QED) is 0.503. The van der Waals surface area contributed by atoms with Gasteiger partial charge in [-0.1, -0.05) is 43.4 Å². The molecule has 9 heteroatoms. The van der Waals surface area contributed by atoms with Crippen LogP contribution in [-0.4, -0.2) is 45.8 Å². The summed E-state index contributed by atoms with van der Waals surface area (Å²) in [5, 5.41) is 8.01. The fourth-order valence-corrected chi connectivity index (χ4v) is 4.95. The van der Waals surface area contributed by atoms with Gasteiger partial charge in [0, 0.05) is 22.8 Å². The van der Waals surface area contributed by atoms with Crippen molar-refractivity contribution in [3.63, 3.8) is 0 Å². The molecule has 2 aromatic rings. The number of esters is 1. The Hall–Kier alpha value is -2.87. The van der Waals surface area contributed by atoms with Gasteiger partial charge in [-0.2, -0.15) is 5.10 Å². The van der Waals surface area contributed by atoms with E-state index in [2.05, 4.69) is 10.4 Å². The van der Waals surface area contributed by atoms with Crippen LogP contribution in [0, 0.1) is 6.92 Å². The molecule has 1 aromatic heterocycles. The van der Waals surface area contributed by atoms with Gasteiger partial charge < -0.3 is 10.1 Å². The molecule has 182 valence electrons. The number of hydrogen-bond acceptors (Lipinski definition) is 5. The molecular formula is C25H31ClN4O4. The first-order chi connectivity index (χ1) is 16.2. The molecule has 1 aromatic carbocycles. The summed E-state index contributed by atoms with van der Waals surface area (Å²) in [6.45, 7) is 5.61. The van der Waals surface area contributed by atoms with Crippen LogP contribution in [0.5, 0.6) is 0 Å². The minimum absolute atomic E-state index is 0.0421. The van der Waals surface area contributed by atoms with Crippen molar-refractivity contribution in [2.24, 2.45) is 0 Å². The molecule has 0 spiro atoms. The Bertz CT molecular complexity index is 1110. The third kappa shape index (κ3) is 4.56. The van der Waals surface area contributed by atoms with Crippen LogP contribution in [0.3, 0.4) is 0 Å².